The average molecular weight is 286 g/mol. The van der Waals surface area contributed by atoms with Gasteiger partial charge in [0.2, 0.25) is 11.9 Å². The number of aryl methyl sites for hydroxylation is 1. The van der Waals surface area contributed by atoms with E-state index in [0.717, 1.165) is 42.5 Å². The van der Waals surface area contributed by atoms with Crippen LogP contribution in [0.1, 0.15) is 37.8 Å². The SMILES string of the molecule is Cc1cccc2nc(N)n(C(C)C(=O)N3CCCCC3)c12. The van der Waals surface area contributed by atoms with E-state index >= 15 is 0 Å². The number of hydrogen-bond acceptors (Lipinski definition) is 3. The standard InChI is InChI=1S/C16H22N4O/c1-11-7-6-8-13-14(11)20(16(17)18-13)12(2)15(21)19-9-4-3-5-10-19/h6-8,12H,3-5,9-10H2,1-2H3,(H2,17,18). The molecule has 112 valence electrons. The zero-order valence-electron chi connectivity index (χ0n) is 12.7. The summed E-state index contributed by atoms with van der Waals surface area (Å²) >= 11 is 0. The van der Waals surface area contributed by atoms with Gasteiger partial charge in [-0.3, -0.25) is 9.36 Å². The highest BCUT2D eigenvalue weighted by atomic mass is 16.2. The first-order valence-electron chi connectivity index (χ1n) is 7.61. The summed E-state index contributed by atoms with van der Waals surface area (Å²) in [7, 11) is 0. The lowest BCUT2D eigenvalue weighted by molar-refractivity contribution is -0.135. The molecule has 1 aliphatic heterocycles. The third kappa shape index (κ3) is 2.37. The molecule has 0 spiro atoms. The number of aromatic nitrogens is 2. The summed E-state index contributed by atoms with van der Waals surface area (Å²) in [6.07, 6.45) is 3.41. The second-order valence-electron chi connectivity index (χ2n) is 5.84. The Morgan fingerprint density at radius 1 is 1.29 bits per heavy atom. The number of imidazole rings is 1. The highest BCUT2D eigenvalue weighted by molar-refractivity contribution is 5.87. The smallest absolute Gasteiger partial charge is 0.245 e. The van der Waals surface area contributed by atoms with E-state index < -0.39 is 0 Å². The third-order valence-electron chi connectivity index (χ3n) is 4.35. The monoisotopic (exact) mass is 286 g/mol. The highest BCUT2D eigenvalue weighted by Gasteiger charge is 2.26. The number of nitrogen functional groups attached to an aromatic ring is 1. The van der Waals surface area contributed by atoms with Crippen molar-refractivity contribution in [1.29, 1.82) is 0 Å². The summed E-state index contributed by atoms with van der Waals surface area (Å²) in [5, 5.41) is 0. The summed E-state index contributed by atoms with van der Waals surface area (Å²) < 4.78 is 1.88. The van der Waals surface area contributed by atoms with E-state index in [9.17, 15) is 4.79 Å². The van der Waals surface area contributed by atoms with E-state index in [2.05, 4.69) is 4.98 Å². The molecule has 3 rings (SSSR count). The summed E-state index contributed by atoms with van der Waals surface area (Å²) in [6.45, 7) is 5.66. The molecule has 1 aromatic carbocycles. The van der Waals surface area contributed by atoms with Gasteiger partial charge in [-0.1, -0.05) is 12.1 Å². The van der Waals surface area contributed by atoms with E-state index in [4.69, 9.17) is 5.73 Å². The van der Waals surface area contributed by atoms with Gasteiger partial charge in [-0.2, -0.15) is 0 Å². The fraction of sp³-hybridized carbons (Fsp3) is 0.500. The van der Waals surface area contributed by atoms with Crippen LogP contribution in [0.2, 0.25) is 0 Å². The van der Waals surface area contributed by atoms with Crippen molar-refractivity contribution in [2.75, 3.05) is 18.8 Å². The largest absolute Gasteiger partial charge is 0.369 e. The van der Waals surface area contributed by atoms with Gasteiger partial charge in [0.05, 0.1) is 11.0 Å². The third-order valence-corrected chi connectivity index (χ3v) is 4.35. The molecule has 1 amide bonds. The molecule has 0 aliphatic carbocycles. The quantitative estimate of drug-likeness (QED) is 0.922. The molecule has 0 radical (unpaired) electrons. The maximum Gasteiger partial charge on any atom is 0.245 e. The molecule has 0 saturated carbocycles. The first kappa shape index (κ1) is 13.9. The molecule has 1 aliphatic rings. The lowest BCUT2D eigenvalue weighted by Crippen LogP contribution is -2.39. The first-order chi connectivity index (χ1) is 10.1. The van der Waals surface area contributed by atoms with E-state index in [1.165, 1.54) is 6.42 Å². The van der Waals surface area contributed by atoms with E-state index in [0.29, 0.717) is 5.95 Å². The predicted molar refractivity (Wildman–Crippen MR) is 84.0 cm³/mol. The number of para-hydroxylation sites is 1. The lowest BCUT2D eigenvalue weighted by atomic mass is 10.1. The highest BCUT2D eigenvalue weighted by Crippen LogP contribution is 2.27. The summed E-state index contributed by atoms with van der Waals surface area (Å²) in [5.41, 5.74) is 8.98. The number of likely N-dealkylation sites (tertiary alicyclic amines) is 1. The summed E-state index contributed by atoms with van der Waals surface area (Å²) in [4.78, 5) is 19.1. The molecule has 0 bridgehead atoms. The van der Waals surface area contributed by atoms with Crippen molar-refractivity contribution in [3.8, 4) is 0 Å². The summed E-state index contributed by atoms with van der Waals surface area (Å²) in [6, 6.07) is 5.62. The van der Waals surface area contributed by atoms with Gasteiger partial charge < -0.3 is 10.6 Å². The number of carbonyl (C=O) groups excluding carboxylic acids is 1. The fourth-order valence-electron chi connectivity index (χ4n) is 3.22. The summed E-state index contributed by atoms with van der Waals surface area (Å²) in [5.74, 6) is 0.557. The Bertz CT molecular complexity index is 670. The maximum absolute atomic E-state index is 12.7. The second-order valence-corrected chi connectivity index (χ2v) is 5.84. The van der Waals surface area contributed by atoms with Crippen molar-refractivity contribution in [1.82, 2.24) is 14.5 Å². The van der Waals surface area contributed by atoms with Crippen molar-refractivity contribution in [2.45, 2.75) is 39.2 Å². The lowest BCUT2D eigenvalue weighted by Gasteiger charge is -2.30. The molecule has 1 aromatic heterocycles. The normalized spacial score (nSPS) is 17.1. The van der Waals surface area contributed by atoms with Crippen molar-refractivity contribution >= 4 is 22.9 Å². The van der Waals surface area contributed by atoms with Crippen LogP contribution in [0.15, 0.2) is 18.2 Å². The number of piperidine rings is 1. The molecule has 2 heterocycles. The van der Waals surface area contributed by atoms with Gasteiger partial charge in [0.1, 0.15) is 6.04 Å². The number of nitrogens with two attached hydrogens (primary N) is 1. The van der Waals surface area contributed by atoms with Crippen molar-refractivity contribution in [2.24, 2.45) is 0 Å². The van der Waals surface area contributed by atoms with Crippen LogP contribution < -0.4 is 5.73 Å². The predicted octanol–water partition coefficient (Wildman–Crippen LogP) is 2.50. The van der Waals surface area contributed by atoms with Gasteiger partial charge in [-0.05, 0) is 44.7 Å². The molecule has 2 aromatic rings. The van der Waals surface area contributed by atoms with E-state index in [-0.39, 0.29) is 11.9 Å². The van der Waals surface area contributed by atoms with Crippen LogP contribution in [-0.2, 0) is 4.79 Å². The number of amides is 1. The fourth-order valence-corrected chi connectivity index (χ4v) is 3.22. The van der Waals surface area contributed by atoms with Crippen molar-refractivity contribution < 1.29 is 4.79 Å². The number of rotatable bonds is 2. The second kappa shape index (κ2) is 5.39. The van der Waals surface area contributed by atoms with Crippen LogP contribution in [0.3, 0.4) is 0 Å². The number of hydrogen-bond donors (Lipinski definition) is 1. The van der Waals surface area contributed by atoms with E-state index in [1.54, 1.807) is 0 Å². The van der Waals surface area contributed by atoms with Gasteiger partial charge in [-0.15, -0.1) is 0 Å². The van der Waals surface area contributed by atoms with Crippen LogP contribution in [0, 0.1) is 6.92 Å². The molecule has 1 saturated heterocycles. The van der Waals surface area contributed by atoms with Crippen LogP contribution in [-0.4, -0.2) is 33.4 Å². The number of nitrogens with zero attached hydrogens (tertiary/aromatic N) is 3. The number of fused-ring (bicyclic) bond motifs is 1. The van der Waals surface area contributed by atoms with Gasteiger partial charge in [-0.25, -0.2) is 4.98 Å². The molecule has 21 heavy (non-hydrogen) atoms. The molecule has 1 unspecified atom stereocenters. The molecular weight excluding hydrogens is 264 g/mol. The Morgan fingerprint density at radius 3 is 2.71 bits per heavy atom. The van der Waals surface area contributed by atoms with Crippen LogP contribution >= 0.6 is 0 Å². The van der Waals surface area contributed by atoms with Crippen LogP contribution in [0.25, 0.3) is 11.0 Å². The van der Waals surface area contributed by atoms with Gasteiger partial charge in [0.15, 0.2) is 0 Å². The van der Waals surface area contributed by atoms with Gasteiger partial charge in [0.25, 0.3) is 0 Å². The molecule has 2 N–H and O–H groups in total. The minimum Gasteiger partial charge on any atom is -0.369 e. The minimum atomic E-state index is -0.311. The number of anilines is 1. The molecule has 5 nitrogen and oxygen atoms in total. The number of carbonyl (C=O) groups is 1. The zero-order valence-corrected chi connectivity index (χ0v) is 12.7. The Labute approximate surface area is 124 Å². The molecular formula is C16H22N4O. The minimum absolute atomic E-state index is 0.143. The Kier molecular flexibility index (Phi) is 3.57. The van der Waals surface area contributed by atoms with Gasteiger partial charge in [0, 0.05) is 13.1 Å². The van der Waals surface area contributed by atoms with E-state index in [1.807, 2.05) is 41.5 Å². The maximum atomic E-state index is 12.7. The zero-order chi connectivity index (χ0) is 15.0. The van der Waals surface area contributed by atoms with Crippen LogP contribution in [0.5, 0.6) is 0 Å². The number of benzene rings is 1. The Morgan fingerprint density at radius 2 is 2.00 bits per heavy atom. The molecule has 1 fully saturated rings. The van der Waals surface area contributed by atoms with Crippen LogP contribution in [0.4, 0.5) is 5.95 Å². The van der Waals surface area contributed by atoms with Crippen molar-refractivity contribution in [3.05, 3.63) is 23.8 Å². The Hall–Kier alpha value is -2.04. The topological polar surface area (TPSA) is 64.1 Å². The van der Waals surface area contributed by atoms with Gasteiger partial charge >= 0.3 is 0 Å². The molecule has 5 heteroatoms. The average Bonchev–Trinajstić information content (AvgIpc) is 2.84. The Balaban J connectivity index is 1.99. The first-order valence-corrected chi connectivity index (χ1v) is 7.61. The van der Waals surface area contributed by atoms with Crippen molar-refractivity contribution in [3.63, 3.8) is 0 Å². The molecule has 1 atom stereocenters.